The van der Waals surface area contributed by atoms with Crippen LogP contribution in [0.5, 0.6) is 0 Å². The minimum atomic E-state index is -4.50. The average Bonchev–Trinajstić information content (AvgIpc) is 2.92. The number of carbonyl (C=O) groups is 1. The molecule has 0 fully saturated rings. The second kappa shape index (κ2) is 11.4. The van der Waals surface area contributed by atoms with Crippen LogP contribution in [0, 0.1) is 30.6 Å². The zero-order valence-corrected chi connectivity index (χ0v) is 25.8. The Morgan fingerprint density at radius 1 is 1.07 bits per heavy atom. The van der Waals surface area contributed by atoms with Crippen LogP contribution >= 0.6 is 23.4 Å². The molecule has 0 amide bonds. The van der Waals surface area contributed by atoms with Crippen LogP contribution in [-0.2, 0) is 16.7 Å². The monoisotopic (exact) mass is 621 g/mol. The number of allylic oxidation sites excluding steroid dienone is 3. The first kappa shape index (κ1) is 30.8. The van der Waals surface area contributed by atoms with Crippen molar-refractivity contribution in [3.63, 3.8) is 0 Å². The van der Waals surface area contributed by atoms with Crippen molar-refractivity contribution in [1.82, 2.24) is 0 Å². The van der Waals surface area contributed by atoms with Gasteiger partial charge in [-0.1, -0.05) is 43.1 Å². The van der Waals surface area contributed by atoms with E-state index in [9.17, 15) is 23.2 Å². The number of nitrogens with zero attached hydrogens (tertiary/aromatic N) is 2. The fourth-order valence-corrected chi connectivity index (χ4v) is 7.10. The molecule has 5 rings (SSSR count). The second-order valence-corrected chi connectivity index (χ2v) is 13.4. The summed E-state index contributed by atoms with van der Waals surface area (Å²) in [7, 11) is 0. The zero-order chi connectivity index (χ0) is 31.3. The van der Waals surface area contributed by atoms with Crippen LogP contribution in [0.2, 0.25) is 5.02 Å². The van der Waals surface area contributed by atoms with Crippen LogP contribution in [0.4, 0.5) is 18.9 Å². The van der Waals surface area contributed by atoms with Gasteiger partial charge in [-0.25, -0.2) is 0 Å². The summed E-state index contributed by atoms with van der Waals surface area (Å²) >= 11 is 7.71. The van der Waals surface area contributed by atoms with Crippen molar-refractivity contribution in [3.05, 3.63) is 116 Å². The van der Waals surface area contributed by atoms with Gasteiger partial charge in [0.05, 0.1) is 23.1 Å². The van der Waals surface area contributed by atoms with E-state index in [0.29, 0.717) is 34.2 Å². The number of alkyl halides is 3. The molecule has 4 nitrogen and oxygen atoms in total. The van der Waals surface area contributed by atoms with Crippen LogP contribution in [-0.4, -0.2) is 5.78 Å². The Labute approximate surface area is 259 Å². The Morgan fingerprint density at radius 3 is 2.33 bits per heavy atom. The smallest absolute Gasteiger partial charge is 0.384 e. The van der Waals surface area contributed by atoms with Gasteiger partial charge in [-0.05, 0) is 90.9 Å². The molecule has 1 unspecified atom stereocenters. The van der Waals surface area contributed by atoms with Crippen molar-refractivity contribution in [2.75, 3.05) is 4.90 Å². The lowest BCUT2D eigenvalue weighted by molar-refractivity contribution is -0.137. The number of rotatable bonds is 5. The fourth-order valence-electron chi connectivity index (χ4n) is 6.02. The number of ketones is 1. The maximum Gasteiger partial charge on any atom is 0.416 e. The van der Waals surface area contributed by atoms with Gasteiger partial charge in [0.2, 0.25) is 0 Å². The van der Waals surface area contributed by atoms with Crippen molar-refractivity contribution in [1.29, 1.82) is 5.26 Å². The lowest BCUT2D eigenvalue weighted by Crippen LogP contribution is -2.42. The van der Waals surface area contributed by atoms with Crippen molar-refractivity contribution < 1.29 is 18.0 Å². The van der Waals surface area contributed by atoms with Crippen LogP contribution in [0.3, 0.4) is 0 Å². The molecule has 2 aliphatic rings. The molecule has 0 spiro atoms. The number of nitrogens with two attached hydrogens (primary N) is 1. The van der Waals surface area contributed by atoms with Crippen molar-refractivity contribution in [2.45, 2.75) is 63.3 Å². The number of nitriles is 1. The summed E-state index contributed by atoms with van der Waals surface area (Å²) < 4.78 is 40.0. The maximum atomic E-state index is 14.0. The lowest BCUT2D eigenvalue weighted by Gasteiger charge is -2.44. The third-order valence-corrected chi connectivity index (χ3v) is 9.37. The molecule has 0 saturated heterocycles. The summed E-state index contributed by atoms with van der Waals surface area (Å²) in [6.45, 7) is 7.95. The standard InChI is InChI=1S/C34H31ClF3N3OS/c1-19-13-21(18-43-25-11-7-23(35)8-12-25)20(2)26(14-19)30-27(17-39)32(40)41(24-9-5-22(6-10-24)34(36,37)38)28-15-33(3,4)16-29(42)31(28)30/h5-14,30H,15-16,18,40H2,1-4H3. The van der Waals surface area contributed by atoms with Gasteiger partial charge in [-0.15, -0.1) is 11.8 Å². The number of hydrogen-bond acceptors (Lipinski definition) is 5. The molecule has 0 radical (unpaired) electrons. The highest BCUT2D eigenvalue weighted by atomic mass is 35.5. The molecule has 2 N–H and O–H groups in total. The van der Waals surface area contributed by atoms with Gasteiger partial charge < -0.3 is 5.73 Å². The van der Waals surface area contributed by atoms with Crippen molar-refractivity contribution in [3.8, 4) is 6.07 Å². The molecule has 1 atom stereocenters. The SMILES string of the molecule is Cc1cc(CSc2ccc(Cl)cc2)c(C)c(C2C(C#N)=C(N)N(c3ccc(C(F)(F)F)cc3)C3=C2C(=O)CC(C)(C)C3)c1. The summed E-state index contributed by atoms with van der Waals surface area (Å²) in [5.74, 6) is 0.00920. The molecule has 1 aliphatic carbocycles. The van der Waals surface area contributed by atoms with Gasteiger partial charge in [0.1, 0.15) is 5.82 Å². The maximum absolute atomic E-state index is 14.0. The number of carbonyl (C=O) groups excluding carboxylic acids is 1. The number of hydrogen-bond donors (Lipinski definition) is 1. The van der Waals surface area contributed by atoms with Gasteiger partial charge >= 0.3 is 6.18 Å². The first-order valence-corrected chi connectivity index (χ1v) is 15.2. The molecule has 0 aromatic heterocycles. The highest BCUT2D eigenvalue weighted by Gasteiger charge is 2.45. The Morgan fingerprint density at radius 2 is 1.72 bits per heavy atom. The summed E-state index contributed by atoms with van der Waals surface area (Å²) in [4.78, 5) is 16.6. The van der Waals surface area contributed by atoms with E-state index in [1.807, 2.05) is 58.0 Å². The van der Waals surface area contributed by atoms with Crippen LogP contribution in [0.25, 0.3) is 0 Å². The highest BCUT2D eigenvalue weighted by molar-refractivity contribution is 7.98. The number of anilines is 1. The predicted octanol–water partition coefficient (Wildman–Crippen LogP) is 9.21. The summed E-state index contributed by atoms with van der Waals surface area (Å²) in [5.41, 5.74) is 11.1. The normalized spacial score (nSPS) is 18.5. The first-order valence-electron chi connectivity index (χ1n) is 13.8. The van der Waals surface area contributed by atoms with E-state index in [4.69, 9.17) is 17.3 Å². The third kappa shape index (κ3) is 6.07. The quantitative estimate of drug-likeness (QED) is 0.288. The largest absolute Gasteiger partial charge is 0.416 e. The van der Waals surface area contributed by atoms with E-state index in [0.717, 1.165) is 39.3 Å². The average molecular weight is 622 g/mol. The number of benzene rings is 3. The minimum absolute atomic E-state index is 0.0913. The van der Waals surface area contributed by atoms with Gasteiger partial charge in [-0.3, -0.25) is 9.69 Å². The zero-order valence-electron chi connectivity index (χ0n) is 24.3. The van der Waals surface area contributed by atoms with E-state index < -0.39 is 23.1 Å². The Bertz CT molecular complexity index is 1700. The molecule has 3 aromatic rings. The number of aryl methyl sites for hydroxylation is 1. The van der Waals surface area contributed by atoms with E-state index >= 15 is 0 Å². The second-order valence-electron chi connectivity index (χ2n) is 11.9. The van der Waals surface area contributed by atoms with Gasteiger partial charge in [0.15, 0.2) is 5.78 Å². The van der Waals surface area contributed by atoms with Crippen LogP contribution in [0.15, 0.2) is 88.2 Å². The molecule has 3 aromatic carbocycles. The first-order chi connectivity index (χ1) is 20.2. The predicted molar refractivity (Wildman–Crippen MR) is 165 cm³/mol. The molecule has 0 bridgehead atoms. The van der Waals surface area contributed by atoms with Crippen molar-refractivity contribution >= 4 is 34.8 Å². The molecule has 1 heterocycles. The van der Waals surface area contributed by atoms with E-state index in [1.54, 1.807) is 16.7 Å². The topological polar surface area (TPSA) is 70.1 Å². The van der Waals surface area contributed by atoms with Gasteiger partial charge in [0.25, 0.3) is 0 Å². The summed E-state index contributed by atoms with van der Waals surface area (Å²) in [6, 6.07) is 18.7. The Balaban J connectivity index is 1.65. The minimum Gasteiger partial charge on any atom is -0.384 e. The number of thioether (sulfide) groups is 1. The molecule has 0 saturated carbocycles. The van der Waals surface area contributed by atoms with Crippen LogP contribution < -0.4 is 10.6 Å². The van der Waals surface area contributed by atoms with E-state index in [1.165, 1.54) is 12.1 Å². The number of Topliss-reactive ketones (excluding diaryl/α,β-unsaturated/α-hetero) is 1. The van der Waals surface area contributed by atoms with Crippen molar-refractivity contribution in [2.24, 2.45) is 11.1 Å². The fraction of sp³-hybridized carbons (Fsp3) is 0.294. The summed E-state index contributed by atoms with van der Waals surface area (Å²) in [6.07, 6.45) is -3.74. The van der Waals surface area contributed by atoms with Gasteiger partial charge in [0, 0.05) is 39.0 Å². The van der Waals surface area contributed by atoms with Gasteiger partial charge in [-0.2, -0.15) is 18.4 Å². The van der Waals surface area contributed by atoms with E-state index in [2.05, 4.69) is 12.1 Å². The molecule has 222 valence electrons. The van der Waals surface area contributed by atoms with Crippen LogP contribution in [0.1, 0.15) is 60.4 Å². The third-order valence-electron chi connectivity index (χ3n) is 8.05. The van der Waals surface area contributed by atoms with E-state index in [-0.39, 0.29) is 23.6 Å². The summed E-state index contributed by atoms with van der Waals surface area (Å²) in [5, 5.41) is 11.1. The Hall–Kier alpha value is -3.67. The molecule has 9 heteroatoms. The Kier molecular flexibility index (Phi) is 8.19. The lowest BCUT2D eigenvalue weighted by atomic mass is 9.68. The molecule has 1 aliphatic heterocycles. The highest BCUT2D eigenvalue weighted by Crippen LogP contribution is 2.51. The molecular weight excluding hydrogens is 591 g/mol. The number of halogens is 4. The molecule has 43 heavy (non-hydrogen) atoms. The molecular formula is C34H31ClF3N3OS.